The smallest absolute Gasteiger partial charge is 0.293 e. The number of nitrogens with zero attached hydrogens (tertiary/aromatic N) is 2. The molecule has 1 fully saturated rings. The van der Waals surface area contributed by atoms with E-state index < -0.39 is 16.1 Å². The predicted octanol–water partition coefficient (Wildman–Crippen LogP) is 3.54. The molecule has 0 bridgehead atoms. The van der Waals surface area contributed by atoms with Crippen LogP contribution < -0.4 is 0 Å². The van der Waals surface area contributed by atoms with Crippen LogP contribution in [0.25, 0.3) is 6.08 Å². The molecule has 0 atom stereocenters. The molecule has 1 saturated heterocycles. The van der Waals surface area contributed by atoms with E-state index in [1.165, 1.54) is 12.1 Å². The fraction of sp³-hybridized carbons (Fsp3) is 0.0588. The largest absolute Gasteiger partial charge is 0.507 e. The molecule has 2 aromatic rings. The van der Waals surface area contributed by atoms with Gasteiger partial charge in [-0.15, -0.1) is 0 Å². The molecule has 3 rings (SSSR count). The minimum atomic E-state index is -0.599. The highest BCUT2D eigenvalue weighted by Gasteiger charge is 2.35. The first kappa shape index (κ1) is 16.7. The van der Waals surface area contributed by atoms with E-state index in [2.05, 4.69) is 0 Å². The standard InChI is InChI=1S/C17H12N2O5S/c20-14-7-6-13(19(23)24)8-12(14)9-15-16(21)18(17(22)25-15)10-11-4-2-1-3-5-11/h1-9,20H,10H2/b15-9-. The molecule has 1 aliphatic heterocycles. The van der Waals surface area contributed by atoms with Gasteiger partial charge in [-0.25, -0.2) is 0 Å². The van der Waals surface area contributed by atoms with Crippen molar-refractivity contribution in [3.63, 3.8) is 0 Å². The van der Waals surface area contributed by atoms with Gasteiger partial charge in [0.25, 0.3) is 16.8 Å². The van der Waals surface area contributed by atoms with Crippen molar-refractivity contribution in [2.24, 2.45) is 0 Å². The van der Waals surface area contributed by atoms with Crippen molar-refractivity contribution in [3.05, 3.63) is 74.7 Å². The normalized spacial score (nSPS) is 15.8. The van der Waals surface area contributed by atoms with Gasteiger partial charge in [-0.2, -0.15) is 0 Å². The van der Waals surface area contributed by atoms with Crippen LogP contribution in [0.5, 0.6) is 5.75 Å². The van der Waals surface area contributed by atoms with Gasteiger partial charge < -0.3 is 5.11 Å². The van der Waals surface area contributed by atoms with Crippen molar-refractivity contribution in [1.29, 1.82) is 0 Å². The van der Waals surface area contributed by atoms with Crippen LogP contribution in [0.1, 0.15) is 11.1 Å². The van der Waals surface area contributed by atoms with E-state index in [1.54, 1.807) is 12.1 Å². The molecule has 0 unspecified atom stereocenters. The number of carbonyl (C=O) groups is 2. The molecule has 1 N–H and O–H groups in total. The summed E-state index contributed by atoms with van der Waals surface area (Å²) in [5.74, 6) is -0.704. The summed E-state index contributed by atoms with van der Waals surface area (Å²) in [6, 6.07) is 12.6. The number of hydrogen-bond acceptors (Lipinski definition) is 6. The maximum Gasteiger partial charge on any atom is 0.293 e. The van der Waals surface area contributed by atoms with Gasteiger partial charge in [-0.05, 0) is 29.5 Å². The molecule has 7 nitrogen and oxygen atoms in total. The number of thioether (sulfide) groups is 1. The zero-order valence-corrected chi connectivity index (χ0v) is 13.6. The number of nitro groups is 1. The second-order valence-electron chi connectivity index (χ2n) is 5.25. The Balaban J connectivity index is 1.88. The van der Waals surface area contributed by atoms with Crippen LogP contribution in [0.3, 0.4) is 0 Å². The Hall–Kier alpha value is -3.13. The maximum absolute atomic E-state index is 12.5. The summed E-state index contributed by atoms with van der Waals surface area (Å²) in [6.45, 7) is 0.143. The molecule has 1 heterocycles. The average molecular weight is 356 g/mol. The van der Waals surface area contributed by atoms with Gasteiger partial charge in [0.15, 0.2) is 0 Å². The van der Waals surface area contributed by atoms with E-state index in [9.17, 15) is 24.8 Å². The second-order valence-corrected chi connectivity index (χ2v) is 6.25. The van der Waals surface area contributed by atoms with Gasteiger partial charge in [-0.1, -0.05) is 30.3 Å². The highest BCUT2D eigenvalue weighted by Crippen LogP contribution is 2.35. The summed E-state index contributed by atoms with van der Waals surface area (Å²) in [5, 5.41) is 20.3. The lowest BCUT2D eigenvalue weighted by Crippen LogP contribution is -2.27. The number of hydrogen-bond donors (Lipinski definition) is 1. The lowest BCUT2D eigenvalue weighted by atomic mass is 10.1. The van der Waals surface area contributed by atoms with E-state index in [4.69, 9.17) is 0 Å². The Kier molecular flexibility index (Phi) is 4.53. The number of phenols is 1. The van der Waals surface area contributed by atoms with E-state index in [0.717, 1.165) is 34.4 Å². The van der Waals surface area contributed by atoms with Crippen LogP contribution >= 0.6 is 11.8 Å². The van der Waals surface area contributed by atoms with Crippen LogP contribution in [-0.4, -0.2) is 26.1 Å². The number of benzene rings is 2. The van der Waals surface area contributed by atoms with Crippen LogP contribution in [0.2, 0.25) is 0 Å². The fourth-order valence-corrected chi connectivity index (χ4v) is 3.14. The lowest BCUT2D eigenvalue weighted by Gasteiger charge is -2.12. The number of imide groups is 1. The van der Waals surface area contributed by atoms with Gasteiger partial charge in [0.1, 0.15) is 5.75 Å². The van der Waals surface area contributed by atoms with Crippen molar-refractivity contribution in [2.75, 3.05) is 0 Å². The Morgan fingerprint density at radius 1 is 1.16 bits per heavy atom. The zero-order valence-electron chi connectivity index (χ0n) is 12.8. The highest BCUT2D eigenvalue weighted by molar-refractivity contribution is 8.18. The Labute approximate surface area is 146 Å². The molecule has 2 amide bonds. The number of phenolic OH excluding ortho intramolecular Hbond substituents is 1. The van der Waals surface area contributed by atoms with E-state index >= 15 is 0 Å². The van der Waals surface area contributed by atoms with E-state index in [-0.39, 0.29) is 28.5 Å². The minimum Gasteiger partial charge on any atom is -0.507 e. The van der Waals surface area contributed by atoms with Gasteiger partial charge >= 0.3 is 0 Å². The second kappa shape index (κ2) is 6.78. The first-order valence-corrected chi connectivity index (χ1v) is 8.04. The first-order chi connectivity index (χ1) is 12.0. The summed E-state index contributed by atoms with van der Waals surface area (Å²) >= 11 is 0.736. The minimum absolute atomic E-state index is 0.108. The molecule has 0 spiro atoms. The molecule has 0 aliphatic carbocycles. The lowest BCUT2D eigenvalue weighted by molar-refractivity contribution is -0.384. The van der Waals surface area contributed by atoms with E-state index in [1.807, 2.05) is 18.2 Å². The molecular weight excluding hydrogens is 344 g/mol. The topological polar surface area (TPSA) is 101 Å². The first-order valence-electron chi connectivity index (χ1n) is 7.22. The molecule has 0 aromatic heterocycles. The van der Waals surface area contributed by atoms with Crippen LogP contribution in [0.4, 0.5) is 10.5 Å². The number of nitro benzene ring substituents is 1. The predicted molar refractivity (Wildman–Crippen MR) is 92.7 cm³/mol. The highest BCUT2D eigenvalue weighted by atomic mass is 32.2. The Bertz CT molecular complexity index is 895. The number of aromatic hydroxyl groups is 1. The number of carbonyl (C=O) groups excluding carboxylic acids is 2. The van der Waals surface area contributed by atoms with Gasteiger partial charge in [0, 0.05) is 17.7 Å². The summed E-state index contributed by atoms with van der Waals surface area (Å²) in [6.07, 6.45) is 1.29. The third-order valence-corrected chi connectivity index (χ3v) is 4.47. The van der Waals surface area contributed by atoms with Crippen molar-refractivity contribution in [1.82, 2.24) is 4.90 Å². The summed E-state index contributed by atoms with van der Waals surface area (Å²) < 4.78 is 0. The van der Waals surface area contributed by atoms with Crippen LogP contribution in [0.15, 0.2) is 53.4 Å². The molecule has 1 aliphatic rings. The van der Waals surface area contributed by atoms with Gasteiger partial charge in [0.2, 0.25) is 0 Å². The number of amides is 2. The Morgan fingerprint density at radius 3 is 2.56 bits per heavy atom. The molecule has 0 saturated carbocycles. The van der Waals surface area contributed by atoms with Gasteiger partial charge in [-0.3, -0.25) is 24.6 Å². The molecule has 25 heavy (non-hydrogen) atoms. The third-order valence-electron chi connectivity index (χ3n) is 3.57. The van der Waals surface area contributed by atoms with Crippen molar-refractivity contribution >= 4 is 34.7 Å². The maximum atomic E-state index is 12.5. The summed E-state index contributed by atoms with van der Waals surface area (Å²) in [4.78, 5) is 36.0. The van der Waals surface area contributed by atoms with Gasteiger partial charge in [0.05, 0.1) is 16.4 Å². The van der Waals surface area contributed by atoms with Crippen LogP contribution in [-0.2, 0) is 11.3 Å². The van der Waals surface area contributed by atoms with Crippen LogP contribution in [0, 0.1) is 10.1 Å². The van der Waals surface area contributed by atoms with E-state index in [0.29, 0.717) is 0 Å². The number of non-ortho nitro benzene ring substituents is 1. The molecule has 0 radical (unpaired) electrons. The molecular formula is C17H12N2O5S. The van der Waals surface area contributed by atoms with Crippen molar-refractivity contribution < 1.29 is 19.6 Å². The van der Waals surface area contributed by atoms with Crippen molar-refractivity contribution in [3.8, 4) is 5.75 Å². The zero-order chi connectivity index (χ0) is 18.0. The Morgan fingerprint density at radius 2 is 1.88 bits per heavy atom. The molecule has 8 heteroatoms. The monoisotopic (exact) mass is 356 g/mol. The third kappa shape index (κ3) is 3.53. The number of rotatable bonds is 4. The molecule has 2 aromatic carbocycles. The van der Waals surface area contributed by atoms with Crippen molar-refractivity contribution in [2.45, 2.75) is 6.54 Å². The molecule has 126 valence electrons. The average Bonchev–Trinajstić information content (AvgIpc) is 2.85. The quantitative estimate of drug-likeness (QED) is 0.511. The summed E-state index contributed by atoms with van der Waals surface area (Å²) in [7, 11) is 0. The summed E-state index contributed by atoms with van der Waals surface area (Å²) in [5.41, 5.74) is 0.705. The fourth-order valence-electron chi connectivity index (χ4n) is 2.31. The SMILES string of the molecule is O=C1S/C(=C\c2cc([N+](=O)[O-])ccc2O)C(=O)N1Cc1ccccc1.